The molecular formula is C15H28F2O4. The highest BCUT2D eigenvalue weighted by Crippen LogP contribution is 2.27. The minimum Gasteiger partial charge on any atom is -0.393 e. The number of alkyl halides is 1. The topological polar surface area (TPSA) is 77.8 Å². The molecule has 0 aromatic heterocycles. The van der Waals surface area contributed by atoms with Gasteiger partial charge in [-0.1, -0.05) is 27.2 Å². The van der Waals surface area contributed by atoms with Crippen molar-refractivity contribution in [3.05, 3.63) is 0 Å². The monoisotopic (exact) mass is 310 g/mol. The van der Waals surface area contributed by atoms with Gasteiger partial charge in [0.1, 0.15) is 0 Å². The highest BCUT2D eigenvalue weighted by Gasteiger charge is 2.42. The minimum absolute atomic E-state index is 0.140. The first-order valence-electron chi connectivity index (χ1n) is 7.47. The molecule has 0 radical (unpaired) electrons. The molecule has 4 nitrogen and oxygen atoms in total. The van der Waals surface area contributed by atoms with E-state index in [4.69, 9.17) is 0 Å². The Morgan fingerprint density at radius 2 is 1.57 bits per heavy atom. The van der Waals surface area contributed by atoms with Crippen molar-refractivity contribution >= 4 is 6.04 Å². The van der Waals surface area contributed by atoms with Gasteiger partial charge in [0.15, 0.2) is 0 Å². The largest absolute Gasteiger partial charge is 0.393 e. The SMILES string of the molecule is CCCC(O)C(C)CC(O)C(C)CC(O)C(C)(F)C(=O)F. The van der Waals surface area contributed by atoms with E-state index >= 15 is 0 Å². The second-order valence-corrected chi connectivity index (χ2v) is 6.21. The molecule has 0 heterocycles. The van der Waals surface area contributed by atoms with Crippen LogP contribution >= 0.6 is 0 Å². The Morgan fingerprint density at radius 1 is 1.10 bits per heavy atom. The molecule has 0 bridgehead atoms. The van der Waals surface area contributed by atoms with E-state index in [1.165, 1.54) is 0 Å². The molecule has 0 amide bonds. The van der Waals surface area contributed by atoms with Crippen LogP contribution < -0.4 is 0 Å². The fourth-order valence-electron chi connectivity index (χ4n) is 2.21. The number of hydrogen-bond donors (Lipinski definition) is 3. The molecule has 0 aliphatic carbocycles. The summed E-state index contributed by atoms with van der Waals surface area (Å²) in [6.45, 7) is 6.02. The van der Waals surface area contributed by atoms with Gasteiger partial charge in [0, 0.05) is 0 Å². The summed E-state index contributed by atoms with van der Waals surface area (Å²) in [5.41, 5.74) is -2.96. The van der Waals surface area contributed by atoms with Crippen LogP contribution in [0.15, 0.2) is 0 Å². The molecule has 0 saturated heterocycles. The van der Waals surface area contributed by atoms with E-state index < -0.39 is 35.9 Å². The van der Waals surface area contributed by atoms with Crippen molar-refractivity contribution in [2.45, 2.75) is 77.4 Å². The summed E-state index contributed by atoms with van der Waals surface area (Å²) in [6.07, 6.45) is -1.69. The summed E-state index contributed by atoms with van der Waals surface area (Å²) in [7, 11) is 0. The second kappa shape index (κ2) is 8.76. The van der Waals surface area contributed by atoms with Gasteiger partial charge < -0.3 is 15.3 Å². The van der Waals surface area contributed by atoms with Crippen LogP contribution in [-0.2, 0) is 4.79 Å². The molecule has 0 saturated carbocycles. The van der Waals surface area contributed by atoms with Crippen molar-refractivity contribution in [1.29, 1.82) is 0 Å². The van der Waals surface area contributed by atoms with Crippen LogP contribution in [0.2, 0.25) is 0 Å². The molecule has 6 atom stereocenters. The highest BCUT2D eigenvalue weighted by molar-refractivity contribution is 5.78. The molecule has 0 aromatic rings. The Kier molecular flexibility index (Phi) is 8.51. The lowest BCUT2D eigenvalue weighted by Crippen LogP contribution is -2.43. The summed E-state index contributed by atoms with van der Waals surface area (Å²) < 4.78 is 26.1. The van der Waals surface area contributed by atoms with E-state index in [-0.39, 0.29) is 12.3 Å². The molecule has 6 heteroatoms. The molecule has 0 spiro atoms. The van der Waals surface area contributed by atoms with Crippen LogP contribution in [0, 0.1) is 11.8 Å². The second-order valence-electron chi connectivity index (χ2n) is 6.21. The molecule has 0 aliphatic heterocycles. The van der Waals surface area contributed by atoms with Crippen LogP contribution in [0.25, 0.3) is 0 Å². The normalized spacial score (nSPS) is 22.0. The zero-order valence-corrected chi connectivity index (χ0v) is 13.2. The Hall–Kier alpha value is -0.590. The minimum atomic E-state index is -2.96. The number of aliphatic hydroxyl groups excluding tert-OH is 3. The van der Waals surface area contributed by atoms with Gasteiger partial charge in [-0.15, -0.1) is 0 Å². The van der Waals surface area contributed by atoms with Crippen LogP contribution in [-0.4, -0.2) is 45.3 Å². The van der Waals surface area contributed by atoms with E-state index in [2.05, 4.69) is 0 Å². The van der Waals surface area contributed by atoms with Gasteiger partial charge >= 0.3 is 6.04 Å². The molecule has 6 unspecified atom stereocenters. The zero-order chi connectivity index (χ0) is 16.8. The van der Waals surface area contributed by atoms with Crippen LogP contribution in [0.1, 0.15) is 53.4 Å². The van der Waals surface area contributed by atoms with Crippen molar-refractivity contribution in [1.82, 2.24) is 0 Å². The highest BCUT2D eigenvalue weighted by atomic mass is 19.2. The van der Waals surface area contributed by atoms with Crippen molar-refractivity contribution in [2.75, 3.05) is 0 Å². The van der Waals surface area contributed by atoms with Gasteiger partial charge in [0.2, 0.25) is 5.67 Å². The van der Waals surface area contributed by atoms with Gasteiger partial charge in [-0.3, -0.25) is 4.79 Å². The Balaban J connectivity index is 4.45. The first-order chi connectivity index (χ1) is 9.53. The number of halogens is 2. The molecule has 0 rings (SSSR count). The van der Waals surface area contributed by atoms with Gasteiger partial charge in [-0.05, 0) is 38.0 Å². The number of aliphatic hydroxyl groups is 3. The smallest absolute Gasteiger partial charge is 0.340 e. The number of hydrogen-bond acceptors (Lipinski definition) is 4. The molecule has 126 valence electrons. The summed E-state index contributed by atoms with van der Waals surface area (Å²) in [5, 5.41) is 29.5. The maximum Gasteiger partial charge on any atom is 0.340 e. The number of carbonyl (C=O) groups is 1. The third kappa shape index (κ3) is 6.36. The fraction of sp³-hybridized carbons (Fsp3) is 0.933. The van der Waals surface area contributed by atoms with Crippen molar-refractivity contribution in [3.63, 3.8) is 0 Å². The Labute approximate surface area is 125 Å². The summed E-state index contributed by atoms with van der Waals surface area (Å²) in [5.74, 6) is -0.662. The van der Waals surface area contributed by atoms with E-state index in [1.807, 2.05) is 6.92 Å². The Bertz CT molecular complexity index is 323. The lowest BCUT2D eigenvalue weighted by atomic mass is 9.85. The van der Waals surface area contributed by atoms with E-state index in [0.29, 0.717) is 19.8 Å². The molecular weight excluding hydrogens is 282 g/mol. The summed E-state index contributed by atoms with van der Waals surface area (Å²) >= 11 is 0. The van der Waals surface area contributed by atoms with Gasteiger partial charge in [-0.25, -0.2) is 4.39 Å². The number of rotatable bonds is 10. The lowest BCUT2D eigenvalue weighted by Gasteiger charge is -2.29. The van der Waals surface area contributed by atoms with E-state index in [0.717, 1.165) is 6.42 Å². The number of carbonyl (C=O) groups excluding carboxylic acids is 1. The first-order valence-corrected chi connectivity index (χ1v) is 7.47. The molecule has 3 N–H and O–H groups in total. The predicted molar refractivity (Wildman–Crippen MR) is 76.1 cm³/mol. The van der Waals surface area contributed by atoms with Crippen molar-refractivity contribution in [2.24, 2.45) is 11.8 Å². The quantitative estimate of drug-likeness (QED) is 0.540. The van der Waals surface area contributed by atoms with Gasteiger partial charge in [0.05, 0.1) is 18.3 Å². The first kappa shape index (κ1) is 20.4. The standard InChI is InChI=1S/C15H28F2O4/c1-5-6-11(18)9(2)7-12(19)10(3)8-13(20)15(4,17)14(16)21/h9-13,18-20H,5-8H2,1-4H3. The molecule has 21 heavy (non-hydrogen) atoms. The van der Waals surface area contributed by atoms with Crippen molar-refractivity contribution in [3.8, 4) is 0 Å². The van der Waals surface area contributed by atoms with Gasteiger partial charge in [0.25, 0.3) is 0 Å². The molecule has 0 aromatic carbocycles. The van der Waals surface area contributed by atoms with E-state index in [1.54, 1.807) is 13.8 Å². The lowest BCUT2D eigenvalue weighted by molar-refractivity contribution is -0.150. The van der Waals surface area contributed by atoms with E-state index in [9.17, 15) is 28.9 Å². The average Bonchev–Trinajstić information content (AvgIpc) is 2.38. The van der Waals surface area contributed by atoms with Crippen LogP contribution in [0.3, 0.4) is 0 Å². The Morgan fingerprint density at radius 3 is 2.00 bits per heavy atom. The molecule has 0 fully saturated rings. The molecule has 0 aliphatic rings. The summed E-state index contributed by atoms with van der Waals surface area (Å²) in [6, 6.07) is -2.22. The average molecular weight is 310 g/mol. The third-order valence-electron chi connectivity index (χ3n) is 4.12. The third-order valence-corrected chi connectivity index (χ3v) is 4.12. The fourth-order valence-corrected chi connectivity index (χ4v) is 2.21. The van der Waals surface area contributed by atoms with Crippen LogP contribution in [0.4, 0.5) is 8.78 Å². The zero-order valence-electron chi connectivity index (χ0n) is 13.2. The maximum absolute atomic E-state index is 13.6. The van der Waals surface area contributed by atoms with Gasteiger partial charge in [-0.2, -0.15) is 4.39 Å². The van der Waals surface area contributed by atoms with Crippen molar-refractivity contribution < 1.29 is 28.9 Å². The summed E-state index contributed by atoms with van der Waals surface area (Å²) in [4.78, 5) is 10.5. The predicted octanol–water partition coefficient (Wildman–Crippen LogP) is 2.15. The maximum atomic E-state index is 13.6. The van der Waals surface area contributed by atoms with Crippen LogP contribution in [0.5, 0.6) is 0 Å².